The Morgan fingerprint density at radius 3 is 1.50 bits per heavy atom. The molecule has 0 spiro atoms. The van der Waals surface area contributed by atoms with Crippen molar-refractivity contribution in [3.63, 3.8) is 0 Å². The van der Waals surface area contributed by atoms with E-state index >= 15 is 0 Å². The third kappa shape index (κ3) is 3.13. The summed E-state index contributed by atoms with van der Waals surface area (Å²) >= 11 is 0. The lowest BCUT2D eigenvalue weighted by molar-refractivity contribution is -0.605. The normalized spacial score (nSPS) is 26.5. The number of hydrogen-bond donors (Lipinski definition) is 3. The van der Waals surface area contributed by atoms with E-state index in [9.17, 15) is 30.4 Å². The molecule has 0 bridgehead atoms. The van der Waals surface area contributed by atoms with Crippen LogP contribution in [0.4, 0.5) is 0 Å². The van der Waals surface area contributed by atoms with E-state index in [0.29, 0.717) is 0 Å². The van der Waals surface area contributed by atoms with E-state index in [4.69, 9.17) is 0 Å². The van der Waals surface area contributed by atoms with Crippen LogP contribution < -0.4 is 5.32 Å². The molecule has 2 aromatic rings. The predicted octanol–water partition coefficient (Wildman–Crippen LogP) is 2.80. The summed E-state index contributed by atoms with van der Waals surface area (Å²) in [5.74, 6) is -0.281. The van der Waals surface area contributed by atoms with Crippen LogP contribution in [0.25, 0.3) is 0 Å². The van der Waals surface area contributed by atoms with Crippen LogP contribution in [0.15, 0.2) is 48.5 Å². The highest BCUT2D eigenvalue weighted by atomic mass is 16.6. The quantitative estimate of drug-likeness (QED) is 0.541. The minimum atomic E-state index is -1.39. The van der Waals surface area contributed by atoms with Gasteiger partial charge in [-0.25, -0.2) is 0 Å². The van der Waals surface area contributed by atoms with E-state index < -0.39 is 39.4 Å². The number of nitrogens with one attached hydrogen (secondary N) is 1. The monoisotopic (exact) mass is 387 g/mol. The maximum atomic E-state index is 12.0. The van der Waals surface area contributed by atoms with Crippen molar-refractivity contribution in [2.45, 2.75) is 38.0 Å². The van der Waals surface area contributed by atoms with Gasteiger partial charge >= 0.3 is 0 Å². The van der Waals surface area contributed by atoms with Crippen molar-refractivity contribution < 1.29 is 20.1 Å². The Hall–Kier alpha value is -3.20. The van der Waals surface area contributed by atoms with E-state index in [1.54, 1.807) is 36.4 Å². The second-order valence-corrected chi connectivity index (χ2v) is 7.52. The first kappa shape index (κ1) is 19.6. The highest BCUT2D eigenvalue weighted by molar-refractivity contribution is 5.40. The molecule has 28 heavy (non-hydrogen) atoms. The van der Waals surface area contributed by atoms with E-state index in [1.807, 2.05) is 0 Å². The number of nitro groups is 2. The number of nitrogens with zero attached hydrogens (tertiary/aromatic N) is 2. The van der Waals surface area contributed by atoms with Gasteiger partial charge in [-0.1, -0.05) is 36.4 Å². The first-order valence-corrected chi connectivity index (χ1v) is 8.75. The van der Waals surface area contributed by atoms with Gasteiger partial charge in [0.15, 0.2) is 0 Å². The van der Waals surface area contributed by atoms with Gasteiger partial charge in [0.05, 0.1) is 0 Å². The van der Waals surface area contributed by atoms with Crippen LogP contribution in [0.2, 0.25) is 0 Å². The molecule has 3 rings (SSSR count). The Morgan fingerprint density at radius 2 is 1.18 bits per heavy atom. The summed E-state index contributed by atoms with van der Waals surface area (Å²) in [5.41, 5.74) is -0.836. The third-order valence-electron chi connectivity index (χ3n) is 5.51. The van der Waals surface area contributed by atoms with Crippen molar-refractivity contribution in [1.29, 1.82) is 0 Å². The molecular formula is C19H21N3O6. The summed E-state index contributed by atoms with van der Waals surface area (Å²) in [6, 6.07) is 7.64. The van der Waals surface area contributed by atoms with Crippen molar-refractivity contribution in [3.8, 4) is 11.5 Å². The number of rotatable bonds is 4. The standard InChI is InChI=1S/C19H21N3O6/c1-19(2)17(21(25)26)15(11-7-3-5-9-13(11)23)20-16(18(19)22(27)28)12-8-4-6-10-14(12)24/h3-10,15-18,20,23-24H,1-2H3/t15-,16-,17-,18+/m1/s1. The number of para-hydroxylation sites is 2. The fourth-order valence-corrected chi connectivity index (χ4v) is 4.22. The van der Waals surface area contributed by atoms with Gasteiger partial charge < -0.3 is 10.2 Å². The third-order valence-corrected chi connectivity index (χ3v) is 5.51. The Kier molecular flexibility index (Phi) is 4.95. The molecule has 0 saturated carbocycles. The zero-order valence-corrected chi connectivity index (χ0v) is 15.4. The molecule has 1 aliphatic rings. The molecule has 2 aromatic carbocycles. The highest BCUT2D eigenvalue weighted by Crippen LogP contribution is 2.49. The van der Waals surface area contributed by atoms with Gasteiger partial charge in [0, 0.05) is 21.0 Å². The molecule has 9 heteroatoms. The first-order chi connectivity index (χ1) is 13.2. The lowest BCUT2D eigenvalue weighted by Crippen LogP contribution is -2.63. The number of phenolic OH excluding ortho intramolecular Hbond substituents is 2. The molecule has 0 aliphatic carbocycles. The molecule has 4 atom stereocenters. The lowest BCUT2D eigenvalue weighted by atomic mass is 9.66. The van der Waals surface area contributed by atoms with Gasteiger partial charge in [-0.05, 0) is 26.0 Å². The van der Waals surface area contributed by atoms with Crippen LogP contribution in [0.5, 0.6) is 11.5 Å². The van der Waals surface area contributed by atoms with E-state index in [1.165, 1.54) is 26.0 Å². The van der Waals surface area contributed by atoms with Crippen LogP contribution in [0.1, 0.15) is 37.1 Å². The minimum Gasteiger partial charge on any atom is -0.508 e. The van der Waals surface area contributed by atoms with Crippen molar-refractivity contribution in [2.75, 3.05) is 0 Å². The minimum absolute atomic E-state index is 0.141. The van der Waals surface area contributed by atoms with Crippen LogP contribution in [0.3, 0.4) is 0 Å². The molecule has 9 nitrogen and oxygen atoms in total. The molecule has 0 radical (unpaired) electrons. The number of piperidine rings is 1. The average molecular weight is 387 g/mol. The van der Waals surface area contributed by atoms with Crippen molar-refractivity contribution in [3.05, 3.63) is 79.9 Å². The smallest absolute Gasteiger partial charge is 0.244 e. The van der Waals surface area contributed by atoms with Crippen LogP contribution in [-0.2, 0) is 0 Å². The lowest BCUT2D eigenvalue weighted by Gasteiger charge is -2.44. The van der Waals surface area contributed by atoms with Crippen molar-refractivity contribution in [2.24, 2.45) is 5.41 Å². The van der Waals surface area contributed by atoms with Crippen LogP contribution in [-0.4, -0.2) is 32.1 Å². The number of phenols is 2. The molecule has 148 valence electrons. The molecule has 0 unspecified atom stereocenters. The van der Waals surface area contributed by atoms with Gasteiger partial charge in [0.2, 0.25) is 12.1 Å². The van der Waals surface area contributed by atoms with E-state index in [-0.39, 0.29) is 22.6 Å². The number of benzene rings is 2. The second kappa shape index (κ2) is 7.08. The van der Waals surface area contributed by atoms with Crippen molar-refractivity contribution in [1.82, 2.24) is 5.32 Å². The molecule has 3 N–H and O–H groups in total. The largest absolute Gasteiger partial charge is 0.508 e. The Balaban J connectivity index is 2.21. The van der Waals surface area contributed by atoms with Crippen LogP contribution in [0, 0.1) is 25.6 Å². The molecule has 0 aromatic heterocycles. The molecule has 0 amide bonds. The molecule has 1 fully saturated rings. The van der Waals surface area contributed by atoms with Gasteiger partial charge in [-0.15, -0.1) is 0 Å². The highest BCUT2D eigenvalue weighted by Gasteiger charge is 2.63. The summed E-state index contributed by atoms with van der Waals surface area (Å²) in [4.78, 5) is 22.8. The summed E-state index contributed by atoms with van der Waals surface area (Å²) < 4.78 is 0. The van der Waals surface area contributed by atoms with Crippen LogP contribution >= 0.6 is 0 Å². The maximum absolute atomic E-state index is 12.0. The Labute approximate surface area is 160 Å². The fraction of sp³-hybridized carbons (Fsp3) is 0.368. The Morgan fingerprint density at radius 1 is 0.821 bits per heavy atom. The van der Waals surface area contributed by atoms with E-state index in [2.05, 4.69) is 5.32 Å². The topological polar surface area (TPSA) is 139 Å². The summed E-state index contributed by atoms with van der Waals surface area (Å²) in [7, 11) is 0. The summed E-state index contributed by atoms with van der Waals surface area (Å²) in [5, 5.41) is 47.4. The fourth-order valence-electron chi connectivity index (χ4n) is 4.22. The van der Waals surface area contributed by atoms with Gasteiger partial charge in [0.25, 0.3) is 0 Å². The summed E-state index contributed by atoms with van der Waals surface area (Å²) in [6.45, 7) is 2.96. The van der Waals surface area contributed by atoms with Gasteiger partial charge in [0.1, 0.15) is 29.0 Å². The maximum Gasteiger partial charge on any atom is 0.244 e. The summed E-state index contributed by atoms with van der Waals surface area (Å²) in [6.07, 6.45) is 0. The van der Waals surface area contributed by atoms with Gasteiger partial charge in [-0.2, -0.15) is 0 Å². The van der Waals surface area contributed by atoms with E-state index in [0.717, 1.165) is 0 Å². The van der Waals surface area contributed by atoms with Gasteiger partial charge in [-0.3, -0.25) is 25.5 Å². The molecule has 1 aliphatic heterocycles. The molecule has 1 saturated heterocycles. The number of aromatic hydroxyl groups is 2. The SMILES string of the molecule is CC1(C)[C@@H]([N+](=O)[O-])[C@@H](c2ccccc2O)N[C@H](c2ccccc2O)[C@H]1[N+](=O)[O-]. The average Bonchev–Trinajstić information content (AvgIpc) is 2.60. The second-order valence-electron chi connectivity index (χ2n) is 7.52. The number of hydrogen-bond acceptors (Lipinski definition) is 7. The Bertz CT molecular complexity index is 845. The predicted molar refractivity (Wildman–Crippen MR) is 100 cm³/mol. The molecular weight excluding hydrogens is 366 g/mol. The first-order valence-electron chi connectivity index (χ1n) is 8.75. The zero-order chi connectivity index (χ0) is 20.6. The zero-order valence-electron chi connectivity index (χ0n) is 15.4. The van der Waals surface area contributed by atoms with Crippen molar-refractivity contribution >= 4 is 0 Å². The molecule has 1 heterocycles.